The lowest BCUT2D eigenvalue weighted by Crippen LogP contribution is -2.42. The standard InChI is InChI=1S/C18H21ClN2O3S/c19-16-8-4-5-9-18(16)25(22,23)20-10-11-21-12-13-24-17(14-21)15-6-2-1-3-7-15/h1-9,17,20H,10-14H2/t17-/m0/s1. The lowest BCUT2D eigenvalue weighted by atomic mass is 10.1. The third kappa shape index (κ3) is 4.80. The van der Waals surface area contributed by atoms with E-state index in [0.29, 0.717) is 19.7 Å². The summed E-state index contributed by atoms with van der Waals surface area (Å²) in [6, 6.07) is 16.5. The fraction of sp³-hybridized carbons (Fsp3) is 0.333. The predicted molar refractivity (Wildman–Crippen MR) is 98.2 cm³/mol. The number of hydrogen-bond acceptors (Lipinski definition) is 4. The van der Waals surface area contributed by atoms with E-state index in [4.69, 9.17) is 16.3 Å². The van der Waals surface area contributed by atoms with Gasteiger partial charge in [-0.3, -0.25) is 4.90 Å². The van der Waals surface area contributed by atoms with Crippen LogP contribution in [-0.2, 0) is 14.8 Å². The van der Waals surface area contributed by atoms with Crippen molar-refractivity contribution in [3.05, 3.63) is 65.2 Å². The topological polar surface area (TPSA) is 58.6 Å². The Hall–Kier alpha value is -1.44. The van der Waals surface area contributed by atoms with Gasteiger partial charge in [0.1, 0.15) is 4.90 Å². The number of morpholine rings is 1. The van der Waals surface area contributed by atoms with Gasteiger partial charge in [0.2, 0.25) is 10.0 Å². The average molecular weight is 381 g/mol. The van der Waals surface area contributed by atoms with E-state index in [0.717, 1.165) is 18.7 Å². The highest BCUT2D eigenvalue weighted by Gasteiger charge is 2.22. The molecule has 0 amide bonds. The number of rotatable bonds is 6. The molecule has 25 heavy (non-hydrogen) atoms. The minimum atomic E-state index is -3.60. The van der Waals surface area contributed by atoms with E-state index >= 15 is 0 Å². The van der Waals surface area contributed by atoms with Crippen LogP contribution in [0.2, 0.25) is 5.02 Å². The van der Waals surface area contributed by atoms with E-state index in [9.17, 15) is 8.42 Å². The molecule has 0 spiro atoms. The van der Waals surface area contributed by atoms with Crippen molar-refractivity contribution in [2.75, 3.05) is 32.8 Å². The van der Waals surface area contributed by atoms with E-state index in [1.165, 1.54) is 6.07 Å². The number of benzene rings is 2. The van der Waals surface area contributed by atoms with Crippen LogP contribution in [0.4, 0.5) is 0 Å². The van der Waals surface area contributed by atoms with Gasteiger partial charge in [0.15, 0.2) is 0 Å². The molecule has 1 N–H and O–H groups in total. The number of sulfonamides is 1. The van der Waals surface area contributed by atoms with Crippen LogP contribution in [0.25, 0.3) is 0 Å². The first kappa shape index (κ1) is 18.4. The van der Waals surface area contributed by atoms with Gasteiger partial charge in [0.25, 0.3) is 0 Å². The van der Waals surface area contributed by atoms with Crippen molar-refractivity contribution in [3.8, 4) is 0 Å². The molecule has 1 aliphatic rings. The van der Waals surface area contributed by atoms with Crippen LogP contribution in [0, 0.1) is 0 Å². The lowest BCUT2D eigenvalue weighted by Gasteiger charge is -2.33. The number of nitrogens with one attached hydrogen (secondary N) is 1. The SMILES string of the molecule is O=S(=O)(NCCN1CCO[C@H](c2ccccc2)C1)c1ccccc1Cl. The van der Waals surface area contributed by atoms with Crippen molar-refractivity contribution in [2.45, 2.75) is 11.0 Å². The molecule has 2 aromatic carbocycles. The summed E-state index contributed by atoms with van der Waals surface area (Å²) in [5.41, 5.74) is 1.14. The molecule has 1 fully saturated rings. The molecule has 7 heteroatoms. The van der Waals surface area contributed by atoms with Crippen molar-refractivity contribution in [1.29, 1.82) is 0 Å². The Kier molecular flexibility index (Phi) is 6.09. The summed E-state index contributed by atoms with van der Waals surface area (Å²) >= 11 is 5.98. The van der Waals surface area contributed by atoms with Crippen molar-refractivity contribution in [2.24, 2.45) is 0 Å². The second-order valence-corrected chi connectivity index (χ2v) is 8.04. The summed E-state index contributed by atoms with van der Waals surface area (Å²) < 4.78 is 33.1. The Morgan fingerprint density at radius 2 is 1.84 bits per heavy atom. The van der Waals surface area contributed by atoms with Gasteiger partial charge in [-0.05, 0) is 17.7 Å². The van der Waals surface area contributed by atoms with Crippen LogP contribution in [0.5, 0.6) is 0 Å². The molecule has 0 aliphatic carbocycles. The van der Waals surface area contributed by atoms with Gasteiger partial charge in [-0.15, -0.1) is 0 Å². The smallest absolute Gasteiger partial charge is 0.242 e. The molecular formula is C18H21ClN2O3S. The van der Waals surface area contributed by atoms with Gasteiger partial charge < -0.3 is 4.74 Å². The molecular weight excluding hydrogens is 360 g/mol. The molecule has 1 saturated heterocycles. The zero-order valence-electron chi connectivity index (χ0n) is 13.8. The molecule has 1 aliphatic heterocycles. The highest BCUT2D eigenvalue weighted by atomic mass is 35.5. The van der Waals surface area contributed by atoms with Gasteiger partial charge >= 0.3 is 0 Å². The highest BCUT2D eigenvalue weighted by Crippen LogP contribution is 2.22. The second kappa shape index (κ2) is 8.29. The minimum Gasteiger partial charge on any atom is -0.371 e. The first-order valence-corrected chi connectivity index (χ1v) is 10.1. The number of hydrogen-bond donors (Lipinski definition) is 1. The summed E-state index contributed by atoms with van der Waals surface area (Å²) in [5.74, 6) is 0. The lowest BCUT2D eigenvalue weighted by molar-refractivity contribution is -0.0291. The molecule has 134 valence electrons. The van der Waals surface area contributed by atoms with Crippen molar-refractivity contribution >= 4 is 21.6 Å². The van der Waals surface area contributed by atoms with Crippen LogP contribution in [-0.4, -0.2) is 46.1 Å². The molecule has 0 bridgehead atoms. The quantitative estimate of drug-likeness (QED) is 0.837. The molecule has 0 unspecified atom stereocenters. The molecule has 0 radical (unpaired) electrons. The minimum absolute atomic E-state index is 0.0233. The Morgan fingerprint density at radius 1 is 1.12 bits per heavy atom. The monoisotopic (exact) mass is 380 g/mol. The first-order valence-electron chi connectivity index (χ1n) is 8.19. The third-order valence-corrected chi connectivity index (χ3v) is 6.13. The van der Waals surface area contributed by atoms with Crippen molar-refractivity contribution < 1.29 is 13.2 Å². The van der Waals surface area contributed by atoms with Crippen LogP contribution in [0.1, 0.15) is 11.7 Å². The van der Waals surface area contributed by atoms with Crippen LogP contribution >= 0.6 is 11.6 Å². The second-order valence-electron chi connectivity index (χ2n) is 5.90. The number of halogens is 1. The maximum Gasteiger partial charge on any atom is 0.242 e. The Balaban J connectivity index is 1.54. The molecule has 5 nitrogen and oxygen atoms in total. The normalized spacial score (nSPS) is 19.0. The van der Waals surface area contributed by atoms with Crippen LogP contribution < -0.4 is 4.72 Å². The zero-order valence-corrected chi connectivity index (χ0v) is 15.3. The van der Waals surface area contributed by atoms with Crippen LogP contribution in [0.15, 0.2) is 59.5 Å². The van der Waals surface area contributed by atoms with Gasteiger partial charge in [-0.25, -0.2) is 13.1 Å². The Bertz CT molecular complexity index is 799. The first-order chi connectivity index (χ1) is 12.1. The van der Waals surface area contributed by atoms with Crippen LogP contribution in [0.3, 0.4) is 0 Å². The Morgan fingerprint density at radius 3 is 2.60 bits per heavy atom. The van der Waals surface area contributed by atoms with E-state index in [1.54, 1.807) is 18.2 Å². The summed E-state index contributed by atoms with van der Waals surface area (Å²) in [4.78, 5) is 2.32. The molecule has 1 heterocycles. The molecule has 1 atom stereocenters. The highest BCUT2D eigenvalue weighted by molar-refractivity contribution is 7.89. The van der Waals surface area contributed by atoms with Gasteiger partial charge in [0.05, 0.1) is 17.7 Å². The maximum atomic E-state index is 12.3. The summed E-state index contributed by atoms with van der Waals surface area (Å²) in [6.07, 6.45) is 0.0233. The fourth-order valence-corrected chi connectivity index (χ4v) is 4.39. The molecule has 0 saturated carbocycles. The van der Waals surface area contributed by atoms with Crippen molar-refractivity contribution in [1.82, 2.24) is 9.62 Å². The van der Waals surface area contributed by atoms with E-state index in [2.05, 4.69) is 9.62 Å². The number of nitrogens with zero attached hydrogens (tertiary/aromatic N) is 1. The number of ether oxygens (including phenoxy) is 1. The zero-order chi connectivity index (χ0) is 17.7. The van der Waals surface area contributed by atoms with Gasteiger partial charge in [-0.2, -0.15) is 0 Å². The third-order valence-electron chi connectivity index (χ3n) is 4.17. The van der Waals surface area contributed by atoms with Crippen molar-refractivity contribution in [3.63, 3.8) is 0 Å². The van der Waals surface area contributed by atoms with Gasteiger partial charge in [0, 0.05) is 26.2 Å². The molecule has 2 aromatic rings. The Labute approximate surface area is 153 Å². The summed E-state index contributed by atoms with van der Waals surface area (Å²) in [7, 11) is -3.60. The predicted octanol–water partition coefficient (Wildman–Crippen LogP) is 2.69. The summed E-state index contributed by atoms with van der Waals surface area (Å²) in [5, 5.41) is 0.227. The average Bonchev–Trinajstić information content (AvgIpc) is 2.63. The molecule has 0 aromatic heterocycles. The largest absolute Gasteiger partial charge is 0.371 e. The maximum absolute atomic E-state index is 12.3. The molecule has 3 rings (SSSR count). The summed E-state index contributed by atoms with van der Waals surface area (Å²) in [6.45, 7) is 3.12. The van der Waals surface area contributed by atoms with E-state index in [-0.39, 0.29) is 16.0 Å². The van der Waals surface area contributed by atoms with E-state index < -0.39 is 10.0 Å². The van der Waals surface area contributed by atoms with Gasteiger partial charge in [-0.1, -0.05) is 54.1 Å². The van der Waals surface area contributed by atoms with E-state index in [1.807, 2.05) is 30.3 Å². The fourth-order valence-electron chi connectivity index (χ4n) is 2.85.